The van der Waals surface area contributed by atoms with Gasteiger partial charge in [-0.05, 0) is 57.6 Å². The monoisotopic (exact) mass is 401 g/mol. The minimum Gasteiger partial charge on any atom is -0.395 e. The van der Waals surface area contributed by atoms with Gasteiger partial charge in [-0.25, -0.2) is 4.79 Å². The molecule has 0 bridgehead atoms. The number of amides is 1. The second kappa shape index (κ2) is 8.92. The molecule has 1 aromatic heterocycles. The number of hydrogen-bond acceptors (Lipinski definition) is 5. The molecule has 0 saturated heterocycles. The number of thioether (sulfide) groups is 1. The maximum atomic E-state index is 12.5. The van der Waals surface area contributed by atoms with E-state index >= 15 is 0 Å². The summed E-state index contributed by atoms with van der Waals surface area (Å²) in [4.78, 5) is 29.1. The second-order valence-electron chi connectivity index (χ2n) is 7.32. The van der Waals surface area contributed by atoms with Crippen LogP contribution in [-0.2, 0) is 24.2 Å². The lowest BCUT2D eigenvalue weighted by molar-refractivity contribution is -0.113. The first-order valence-electron chi connectivity index (χ1n) is 9.64. The van der Waals surface area contributed by atoms with Crippen molar-refractivity contribution in [3.63, 3.8) is 0 Å². The lowest BCUT2D eigenvalue weighted by Gasteiger charge is -2.22. The lowest BCUT2D eigenvalue weighted by atomic mass is 9.97. The van der Waals surface area contributed by atoms with Crippen molar-refractivity contribution in [3.8, 4) is 0 Å². The minimum absolute atomic E-state index is 0.0851. The number of aryl methyl sites for hydroxylation is 3. The van der Waals surface area contributed by atoms with Crippen molar-refractivity contribution < 1.29 is 9.90 Å². The normalized spacial score (nSPS) is 13.3. The largest absolute Gasteiger partial charge is 0.395 e. The fraction of sp³-hybridized carbons (Fsp3) is 0.476. The summed E-state index contributed by atoms with van der Waals surface area (Å²) < 4.78 is 1.58. The molecular weight excluding hydrogens is 374 g/mol. The Kier molecular flexibility index (Phi) is 6.57. The summed E-state index contributed by atoms with van der Waals surface area (Å²) in [6.07, 6.45) is 3.74. The van der Waals surface area contributed by atoms with Gasteiger partial charge in [0.2, 0.25) is 5.91 Å². The number of nitrogens with one attached hydrogen (secondary N) is 1. The average molecular weight is 402 g/mol. The summed E-state index contributed by atoms with van der Waals surface area (Å²) in [5.41, 5.74) is 5.78. The Labute approximate surface area is 169 Å². The van der Waals surface area contributed by atoms with E-state index in [1.807, 2.05) is 20.8 Å². The predicted molar refractivity (Wildman–Crippen MR) is 112 cm³/mol. The molecule has 6 nitrogen and oxygen atoms in total. The molecular formula is C21H27N3O3S. The zero-order valence-electron chi connectivity index (χ0n) is 16.7. The molecule has 1 amide bonds. The molecule has 28 heavy (non-hydrogen) atoms. The van der Waals surface area contributed by atoms with Crippen molar-refractivity contribution in [1.29, 1.82) is 0 Å². The molecule has 150 valence electrons. The highest BCUT2D eigenvalue weighted by molar-refractivity contribution is 8.00. The van der Waals surface area contributed by atoms with Crippen molar-refractivity contribution >= 4 is 23.4 Å². The third kappa shape index (κ3) is 4.47. The van der Waals surface area contributed by atoms with Gasteiger partial charge in [-0.15, -0.1) is 0 Å². The number of aromatic nitrogens is 2. The van der Waals surface area contributed by atoms with Crippen LogP contribution in [0.4, 0.5) is 5.69 Å². The van der Waals surface area contributed by atoms with E-state index in [2.05, 4.69) is 22.4 Å². The topological polar surface area (TPSA) is 84.2 Å². The number of aliphatic hydroxyl groups is 1. The van der Waals surface area contributed by atoms with E-state index in [9.17, 15) is 14.7 Å². The number of anilines is 1. The van der Waals surface area contributed by atoms with Crippen LogP contribution in [0.15, 0.2) is 22.0 Å². The predicted octanol–water partition coefficient (Wildman–Crippen LogP) is 2.77. The zero-order valence-corrected chi connectivity index (χ0v) is 17.5. The van der Waals surface area contributed by atoms with Crippen molar-refractivity contribution in [2.45, 2.75) is 58.0 Å². The number of carbonyl (C=O) groups excluding carboxylic acids is 1. The van der Waals surface area contributed by atoms with E-state index in [0.717, 1.165) is 53.8 Å². The Balaban J connectivity index is 1.77. The van der Waals surface area contributed by atoms with Crippen LogP contribution < -0.4 is 11.0 Å². The summed E-state index contributed by atoms with van der Waals surface area (Å²) in [6.45, 7) is 6.20. The van der Waals surface area contributed by atoms with Crippen LogP contribution in [0, 0.1) is 20.8 Å². The molecule has 0 unspecified atom stereocenters. The van der Waals surface area contributed by atoms with E-state index in [1.54, 1.807) is 4.57 Å². The van der Waals surface area contributed by atoms with Crippen molar-refractivity contribution in [1.82, 2.24) is 9.55 Å². The molecule has 1 heterocycles. The van der Waals surface area contributed by atoms with E-state index in [0.29, 0.717) is 5.03 Å². The van der Waals surface area contributed by atoms with Gasteiger partial charge in [-0.2, -0.15) is 4.98 Å². The smallest absolute Gasteiger partial charge is 0.348 e. The van der Waals surface area contributed by atoms with Crippen molar-refractivity contribution in [3.05, 3.63) is 50.6 Å². The van der Waals surface area contributed by atoms with Gasteiger partial charge >= 0.3 is 5.69 Å². The average Bonchev–Trinajstić information content (AvgIpc) is 2.65. The maximum absolute atomic E-state index is 12.5. The number of hydrogen-bond donors (Lipinski definition) is 2. The molecule has 0 saturated carbocycles. The molecule has 0 aliphatic heterocycles. The van der Waals surface area contributed by atoms with Crippen molar-refractivity contribution in [2.75, 3.05) is 17.7 Å². The van der Waals surface area contributed by atoms with Crippen LogP contribution in [0.3, 0.4) is 0 Å². The Bertz CT molecular complexity index is 930. The fourth-order valence-electron chi connectivity index (χ4n) is 3.88. The standard InChI is InChI=1S/C21H27N3O3S/c1-13-10-14(2)19(15(3)11-13)22-18(26)12-28-20-16-6-4-5-7-17(16)24(8-9-25)21(27)23-20/h10-11,25H,4-9,12H2,1-3H3,(H,22,26). The molecule has 1 aliphatic carbocycles. The lowest BCUT2D eigenvalue weighted by Crippen LogP contribution is -2.31. The van der Waals surface area contributed by atoms with Crippen LogP contribution in [0.1, 0.15) is 40.8 Å². The second-order valence-corrected chi connectivity index (χ2v) is 8.28. The molecule has 7 heteroatoms. The molecule has 1 aromatic carbocycles. The van der Waals surface area contributed by atoms with Gasteiger partial charge < -0.3 is 10.4 Å². The van der Waals surface area contributed by atoms with Gasteiger partial charge in [0, 0.05) is 16.9 Å². The number of fused-ring (bicyclic) bond motifs is 1. The van der Waals surface area contributed by atoms with E-state index in [1.165, 1.54) is 17.3 Å². The highest BCUT2D eigenvalue weighted by Crippen LogP contribution is 2.29. The zero-order chi connectivity index (χ0) is 20.3. The highest BCUT2D eigenvalue weighted by Gasteiger charge is 2.21. The number of nitrogens with zero attached hydrogens (tertiary/aromatic N) is 2. The van der Waals surface area contributed by atoms with Gasteiger partial charge in [-0.1, -0.05) is 29.5 Å². The van der Waals surface area contributed by atoms with Crippen molar-refractivity contribution in [2.24, 2.45) is 0 Å². The SMILES string of the molecule is Cc1cc(C)c(NC(=O)CSc2nc(=O)n(CCO)c3c2CCCC3)c(C)c1. The first kappa shape index (κ1) is 20.6. The third-order valence-electron chi connectivity index (χ3n) is 5.06. The number of aliphatic hydroxyl groups excluding tert-OH is 1. The fourth-order valence-corrected chi connectivity index (χ4v) is 4.76. The van der Waals surface area contributed by atoms with Crippen LogP contribution in [0.2, 0.25) is 0 Å². The summed E-state index contributed by atoms with van der Waals surface area (Å²) >= 11 is 1.32. The van der Waals surface area contributed by atoms with E-state index in [-0.39, 0.29) is 30.5 Å². The summed E-state index contributed by atoms with van der Waals surface area (Å²) in [5, 5.41) is 12.9. The quantitative estimate of drug-likeness (QED) is 0.574. The van der Waals surface area contributed by atoms with Crippen LogP contribution in [0.5, 0.6) is 0 Å². The third-order valence-corrected chi connectivity index (χ3v) is 6.07. The van der Waals surface area contributed by atoms with Crippen LogP contribution >= 0.6 is 11.8 Å². The molecule has 3 rings (SSSR count). The van der Waals surface area contributed by atoms with E-state index in [4.69, 9.17) is 0 Å². The van der Waals surface area contributed by atoms with Gasteiger partial charge in [0.05, 0.1) is 18.9 Å². The first-order valence-corrected chi connectivity index (χ1v) is 10.6. The first-order chi connectivity index (χ1) is 13.4. The molecule has 1 aliphatic rings. The Morgan fingerprint density at radius 1 is 1.21 bits per heavy atom. The molecule has 0 atom stereocenters. The number of carbonyl (C=O) groups is 1. The number of benzene rings is 1. The van der Waals surface area contributed by atoms with Crippen LogP contribution in [-0.4, -0.2) is 32.9 Å². The minimum atomic E-state index is -0.345. The Morgan fingerprint density at radius 2 is 1.89 bits per heavy atom. The van der Waals surface area contributed by atoms with Gasteiger partial charge in [-0.3, -0.25) is 9.36 Å². The Hall–Kier alpha value is -2.12. The van der Waals surface area contributed by atoms with Crippen LogP contribution in [0.25, 0.3) is 0 Å². The van der Waals surface area contributed by atoms with Gasteiger partial charge in [0.25, 0.3) is 0 Å². The summed E-state index contributed by atoms with van der Waals surface area (Å²) in [6, 6.07) is 4.10. The number of rotatable bonds is 6. The Morgan fingerprint density at radius 3 is 2.57 bits per heavy atom. The molecule has 0 radical (unpaired) electrons. The molecule has 0 spiro atoms. The summed E-state index contributed by atoms with van der Waals surface area (Å²) in [5.74, 6) is 0.0984. The maximum Gasteiger partial charge on any atom is 0.348 e. The van der Waals surface area contributed by atoms with Gasteiger partial charge in [0.15, 0.2) is 0 Å². The molecule has 0 fully saturated rings. The van der Waals surface area contributed by atoms with Gasteiger partial charge in [0.1, 0.15) is 5.03 Å². The van der Waals surface area contributed by atoms with E-state index < -0.39 is 0 Å². The summed E-state index contributed by atoms with van der Waals surface area (Å²) in [7, 11) is 0. The highest BCUT2D eigenvalue weighted by atomic mass is 32.2. The molecule has 2 aromatic rings. The molecule has 2 N–H and O–H groups in total.